The number of benzene rings is 3. The van der Waals surface area contributed by atoms with Gasteiger partial charge in [0.1, 0.15) is 0 Å². The number of hydrogen-bond donors (Lipinski definition) is 3. The summed E-state index contributed by atoms with van der Waals surface area (Å²) < 4.78 is 29.8. The number of nitrogens with zero attached hydrogens (tertiary/aromatic N) is 3. The molecule has 2 heterocycles. The van der Waals surface area contributed by atoms with E-state index in [1.165, 1.54) is 17.7 Å². The molecule has 12 heteroatoms. The third-order valence-corrected chi connectivity index (χ3v) is 9.00. The monoisotopic (exact) mass is 617 g/mol. The molecular weight excluding hydrogens is 582 g/mol. The Balaban J connectivity index is 1.34. The summed E-state index contributed by atoms with van der Waals surface area (Å²) in [5, 5.41) is 14.7. The molecule has 0 bridgehead atoms. The Hall–Kier alpha value is -4.52. The Morgan fingerprint density at radius 1 is 1.00 bits per heavy atom. The lowest BCUT2D eigenvalue weighted by atomic mass is 9.98. The number of ether oxygens (including phenoxy) is 1. The number of nitrogens with one attached hydrogen (secondary N) is 2. The van der Waals surface area contributed by atoms with Gasteiger partial charge in [-0.3, -0.25) is 9.69 Å². The van der Waals surface area contributed by atoms with Crippen LogP contribution in [0.3, 0.4) is 0 Å². The molecule has 1 aliphatic heterocycles. The van der Waals surface area contributed by atoms with Crippen LogP contribution in [0.15, 0.2) is 71.7 Å². The van der Waals surface area contributed by atoms with Gasteiger partial charge in [0.25, 0.3) is 5.91 Å². The second-order valence-electron chi connectivity index (χ2n) is 10.7. The molecule has 0 atom stereocenters. The van der Waals surface area contributed by atoms with Gasteiger partial charge in [0.15, 0.2) is 5.88 Å². The van der Waals surface area contributed by atoms with Crippen molar-refractivity contribution in [3.63, 3.8) is 0 Å². The number of sulfonamides is 1. The lowest BCUT2D eigenvalue weighted by Crippen LogP contribution is -2.49. The first-order chi connectivity index (χ1) is 21.0. The molecule has 0 radical (unpaired) electrons. The lowest BCUT2D eigenvalue weighted by Gasteiger charge is -2.33. The van der Waals surface area contributed by atoms with Crippen molar-refractivity contribution in [1.29, 1.82) is 0 Å². The summed E-state index contributed by atoms with van der Waals surface area (Å²) >= 11 is 0. The van der Waals surface area contributed by atoms with Crippen LogP contribution in [-0.2, 0) is 14.8 Å². The minimum absolute atomic E-state index is 0.0854. The summed E-state index contributed by atoms with van der Waals surface area (Å²) in [6.07, 6.45) is 1.22. The number of carbonyl (C=O) groups is 2. The molecule has 1 fully saturated rings. The highest BCUT2D eigenvalue weighted by Gasteiger charge is 2.24. The number of carbonyl (C=O) groups excluding carboxylic acids is 2. The highest BCUT2D eigenvalue weighted by molar-refractivity contribution is 7.88. The Morgan fingerprint density at radius 2 is 1.68 bits per heavy atom. The molecule has 3 N–H and O–H groups in total. The quantitative estimate of drug-likeness (QED) is 0.193. The number of piperazine rings is 1. The molecule has 0 saturated carbocycles. The number of H-pyrrole nitrogens is 1. The largest absolute Gasteiger partial charge is 0.494 e. The van der Waals surface area contributed by atoms with Crippen LogP contribution in [-0.4, -0.2) is 97.9 Å². The average molecular weight is 618 g/mol. The van der Waals surface area contributed by atoms with Gasteiger partial charge < -0.3 is 20.1 Å². The van der Waals surface area contributed by atoms with Crippen LogP contribution in [0.25, 0.3) is 10.9 Å². The highest BCUT2D eigenvalue weighted by atomic mass is 32.2. The first kappa shape index (κ1) is 30.9. The molecule has 5 rings (SSSR count). The molecule has 1 saturated heterocycles. The van der Waals surface area contributed by atoms with Crippen molar-refractivity contribution in [1.82, 2.24) is 19.5 Å². The highest BCUT2D eigenvalue weighted by Crippen LogP contribution is 2.33. The number of rotatable bonds is 9. The fourth-order valence-electron chi connectivity index (χ4n) is 5.30. The van der Waals surface area contributed by atoms with E-state index in [-0.39, 0.29) is 11.8 Å². The summed E-state index contributed by atoms with van der Waals surface area (Å²) in [5.74, 6) is -0.768. The Morgan fingerprint density at radius 3 is 2.32 bits per heavy atom. The SMILES string of the molecule is COC(=O)c1cc2[nH]c(O)c(C(=Nc3ccc(C(=O)NCCN4CCN(S(C)(=O)=O)CC4)cc3)c3ccccc3)c2cc1C. The minimum Gasteiger partial charge on any atom is -0.494 e. The molecule has 1 aromatic heterocycles. The second-order valence-corrected chi connectivity index (χ2v) is 12.7. The Labute approximate surface area is 256 Å². The fourth-order valence-corrected chi connectivity index (χ4v) is 6.12. The third-order valence-electron chi connectivity index (χ3n) is 7.70. The van der Waals surface area contributed by atoms with Crippen LogP contribution >= 0.6 is 0 Å². The maximum absolute atomic E-state index is 12.8. The van der Waals surface area contributed by atoms with E-state index < -0.39 is 16.0 Å². The average Bonchev–Trinajstić information content (AvgIpc) is 3.33. The van der Waals surface area contributed by atoms with Gasteiger partial charge in [-0.25, -0.2) is 18.2 Å². The number of methoxy groups -OCH3 is 1. The van der Waals surface area contributed by atoms with E-state index in [4.69, 9.17) is 9.73 Å². The van der Waals surface area contributed by atoms with Gasteiger partial charge in [0.2, 0.25) is 10.0 Å². The van der Waals surface area contributed by atoms with E-state index in [0.717, 1.165) is 5.56 Å². The summed E-state index contributed by atoms with van der Waals surface area (Å²) in [7, 11) is -1.85. The van der Waals surface area contributed by atoms with Gasteiger partial charge in [-0.05, 0) is 48.9 Å². The summed E-state index contributed by atoms with van der Waals surface area (Å²) in [4.78, 5) is 35.0. The van der Waals surface area contributed by atoms with E-state index in [2.05, 4.69) is 15.2 Å². The molecule has 0 spiro atoms. The lowest BCUT2D eigenvalue weighted by molar-refractivity contribution is 0.0600. The zero-order valence-electron chi connectivity index (χ0n) is 24.8. The third kappa shape index (κ3) is 6.83. The standard InChI is InChI=1S/C32H35N5O6S/c1-21-19-26-27(20-25(21)32(40)43-2)35-31(39)28(26)29(22-7-5-4-6-8-22)34-24-11-9-23(10-12-24)30(38)33-13-14-36-15-17-37(18-16-36)44(3,41)42/h4-12,19-20,35,39H,13-18H2,1-3H3,(H,33,38). The topological polar surface area (TPSA) is 144 Å². The maximum atomic E-state index is 12.8. The molecular formula is C32H35N5O6S. The first-order valence-corrected chi connectivity index (χ1v) is 16.0. The molecule has 11 nitrogen and oxygen atoms in total. The Kier molecular flexibility index (Phi) is 9.14. The zero-order valence-corrected chi connectivity index (χ0v) is 25.6. The van der Waals surface area contributed by atoms with E-state index in [9.17, 15) is 23.1 Å². The Bertz CT molecular complexity index is 1810. The van der Waals surface area contributed by atoms with Crippen molar-refractivity contribution in [2.75, 3.05) is 52.6 Å². The zero-order chi connectivity index (χ0) is 31.4. The van der Waals surface area contributed by atoms with Crippen molar-refractivity contribution >= 4 is 44.2 Å². The number of aromatic nitrogens is 1. The van der Waals surface area contributed by atoms with Gasteiger partial charge in [-0.2, -0.15) is 4.31 Å². The van der Waals surface area contributed by atoms with Crippen molar-refractivity contribution in [2.45, 2.75) is 6.92 Å². The summed E-state index contributed by atoms with van der Waals surface area (Å²) in [6.45, 7) is 5.01. The van der Waals surface area contributed by atoms with Gasteiger partial charge >= 0.3 is 5.97 Å². The molecule has 4 aromatic rings. The van der Waals surface area contributed by atoms with Crippen LogP contribution in [0.4, 0.5) is 5.69 Å². The van der Waals surface area contributed by atoms with Crippen LogP contribution in [0.5, 0.6) is 5.88 Å². The number of aliphatic imine (C=N–C) groups is 1. The van der Waals surface area contributed by atoms with Crippen LogP contribution in [0, 0.1) is 6.92 Å². The number of aromatic amines is 1. The van der Waals surface area contributed by atoms with Crippen molar-refractivity contribution in [3.8, 4) is 5.88 Å². The summed E-state index contributed by atoms with van der Waals surface area (Å²) in [5.41, 5.74) is 4.51. The molecule has 44 heavy (non-hydrogen) atoms. The van der Waals surface area contributed by atoms with E-state index in [1.807, 2.05) is 43.3 Å². The van der Waals surface area contributed by atoms with Gasteiger partial charge in [-0.15, -0.1) is 0 Å². The van der Waals surface area contributed by atoms with Crippen molar-refractivity contribution in [3.05, 3.63) is 94.5 Å². The van der Waals surface area contributed by atoms with Crippen molar-refractivity contribution < 1.29 is 27.9 Å². The van der Waals surface area contributed by atoms with Crippen LogP contribution in [0.2, 0.25) is 0 Å². The summed E-state index contributed by atoms with van der Waals surface area (Å²) in [6, 6.07) is 19.8. The number of esters is 1. The molecule has 1 aliphatic rings. The predicted molar refractivity (Wildman–Crippen MR) is 169 cm³/mol. The molecule has 1 amide bonds. The number of aryl methyl sites for hydroxylation is 1. The molecule has 230 valence electrons. The number of fused-ring (bicyclic) bond motifs is 1. The molecule has 0 unspecified atom stereocenters. The first-order valence-electron chi connectivity index (χ1n) is 14.2. The van der Waals surface area contributed by atoms with Crippen LogP contribution < -0.4 is 5.32 Å². The minimum atomic E-state index is -3.18. The number of hydrogen-bond acceptors (Lipinski definition) is 8. The molecule has 0 aliphatic carbocycles. The number of aromatic hydroxyl groups is 1. The smallest absolute Gasteiger partial charge is 0.338 e. The van der Waals surface area contributed by atoms with E-state index in [0.29, 0.717) is 83.8 Å². The molecule has 3 aromatic carbocycles. The normalized spacial score (nSPS) is 14.9. The van der Waals surface area contributed by atoms with Crippen LogP contribution in [0.1, 0.15) is 37.4 Å². The predicted octanol–water partition coefficient (Wildman–Crippen LogP) is 3.44. The van der Waals surface area contributed by atoms with E-state index in [1.54, 1.807) is 30.3 Å². The van der Waals surface area contributed by atoms with Crippen molar-refractivity contribution in [2.24, 2.45) is 4.99 Å². The van der Waals surface area contributed by atoms with Gasteiger partial charge in [-0.1, -0.05) is 30.3 Å². The van der Waals surface area contributed by atoms with Gasteiger partial charge in [0.05, 0.1) is 35.9 Å². The van der Waals surface area contributed by atoms with E-state index >= 15 is 0 Å². The van der Waals surface area contributed by atoms with Gasteiger partial charge in [0, 0.05) is 61.3 Å². The number of amides is 1. The maximum Gasteiger partial charge on any atom is 0.338 e. The second kappa shape index (κ2) is 13.0. The fraction of sp³-hybridized carbons (Fsp3) is 0.281.